The van der Waals surface area contributed by atoms with E-state index in [1.165, 1.54) is 11.1 Å². The van der Waals surface area contributed by atoms with Gasteiger partial charge in [-0.1, -0.05) is 45.0 Å². The molecule has 0 aliphatic heterocycles. The monoisotopic (exact) mass is 206 g/mol. The van der Waals surface area contributed by atoms with Crippen molar-refractivity contribution in [3.05, 3.63) is 35.4 Å². The molecule has 1 rings (SSSR count). The molecule has 15 heavy (non-hydrogen) atoms. The van der Waals surface area contributed by atoms with E-state index in [0.29, 0.717) is 5.92 Å². The van der Waals surface area contributed by atoms with Crippen molar-refractivity contribution in [2.24, 2.45) is 5.92 Å². The summed E-state index contributed by atoms with van der Waals surface area (Å²) in [7, 11) is 0. The van der Waals surface area contributed by atoms with Crippen molar-refractivity contribution in [1.82, 2.24) is 0 Å². The van der Waals surface area contributed by atoms with Crippen LogP contribution in [0.25, 0.3) is 0 Å². The van der Waals surface area contributed by atoms with Gasteiger partial charge in [-0.25, -0.2) is 0 Å². The fourth-order valence-electron chi connectivity index (χ4n) is 1.71. The Morgan fingerprint density at radius 2 is 1.53 bits per heavy atom. The summed E-state index contributed by atoms with van der Waals surface area (Å²) in [4.78, 5) is 0. The molecular formula is C14H22O. The maximum atomic E-state index is 9.49. The summed E-state index contributed by atoms with van der Waals surface area (Å²) in [5.74, 6) is 0.920. The average Bonchev–Trinajstić information content (AvgIpc) is 2.17. The molecule has 2 atom stereocenters. The molecule has 0 amide bonds. The van der Waals surface area contributed by atoms with Gasteiger partial charge >= 0.3 is 0 Å². The number of hydrogen-bond donors (Lipinski definition) is 1. The Bertz CT molecular complexity index is 285. The molecule has 0 aromatic heterocycles. The summed E-state index contributed by atoms with van der Waals surface area (Å²) in [5.41, 5.74) is 2.60. The molecule has 0 spiro atoms. The molecule has 1 aromatic rings. The Morgan fingerprint density at radius 3 is 1.93 bits per heavy atom. The lowest BCUT2D eigenvalue weighted by molar-refractivity contribution is 0.169. The molecular weight excluding hydrogens is 184 g/mol. The summed E-state index contributed by atoms with van der Waals surface area (Å²) >= 11 is 0. The van der Waals surface area contributed by atoms with Gasteiger partial charge in [-0.15, -0.1) is 0 Å². The summed E-state index contributed by atoms with van der Waals surface area (Å²) in [5, 5.41) is 9.49. The molecule has 84 valence electrons. The Morgan fingerprint density at radius 1 is 1.00 bits per heavy atom. The Labute approximate surface area is 93.1 Å². The highest BCUT2D eigenvalue weighted by Gasteiger charge is 2.10. The quantitative estimate of drug-likeness (QED) is 0.800. The lowest BCUT2D eigenvalue weighted by atomic mass is 9.94. The van der Waals surface area contributed by atoms with Gasteiger partial charge in [0, 0.05) is 5.92 Å². The highest BCUT2D eigenvalue weighted by molar-refractivity contribution is 5.25. The highest BCUT2D eigenvalue weighted by atomic mass is 16.3. The highest BCUT2D eigenvalue weighted by Crippen LogP contribution is 2.20. The minimum atomic E-state index is -0.277. The first kappa shape index (κ1) is 12.3. The van der Waals surface area contributed by atoms with E-state index in [2.05, 4.69) is 45.0 Å². The van der Waals surface area contributed by atoms with E-state index in [1.807, 2.05) is 6.92 Å². The van der Waals surface area contributed by atoms with Crippen LogP contribution < -0.4 is 0 Å². The zero-order chi connectivity index (χ0) is 11.4. The minimum absolute atomic E-state index is 0.220. The SMILES string of the molecule is CC(C)Cc1ccc(C(C)C(C)O)cc1. The first-order chi connectivity index (χ1) is 7.00. The van der Waals surface area contributed by atoms with Crippen LogP contribution >= 0.6 is 0 Å². The molecule has 0 bridgehead atoms. The van der Waals surface area contributed by atoms with Gasteiger partial charge in [-0.2, -0.15) is 0 Å². The first-order valence-electron chi connectivity index (χ1n) is 5.77. The van der Waals surface area contributed by atoms with E-state index < -0.39 is 0 Å². The summed E-state index contributed by atoms with van der Waals surface area (Å²) in [6, 6.07) is 8.62. The molecule has 1 nitrogen and oxygen atoms in total. The Balaban J connectivity index is 2.72. The van der Waals surface area contributed by atoms with Crippen LogP contribution in [0.15, 0.2) is 24.3 Å². The number of hydrogen-bond acceptors (Lipinski definition) is 1. The van der Waals surface area contributed by atoms with E-state index in [9.17, 15) is 5.11 Å². The number of aliphatic hydroxyl groups excluding tert-OH is 1. The van der Waals surface area contributed by atoms with Crippen LogP contribution in [0.4, 0.5) is 0 Å². The second-order valence-electron chi connectivity index (χ2n) is 4.87. The van der Waals surface area contributed by atoms with E-state index in [0.717, 1.165) is 6.42 Å². The first-order valence-corrected chi connectivity index (χ1v) is 5.77. The minimum Gasteiger partial charge on any atom is -0.393 e. The molecule has 0 aliphatic rings. The van der Waals surface area contributed by atoms with Gasteiger partial charge in [0.2, 0.25) is 0 Å². The van der Waals surface area contributed by atoms with Gasteiger partial charge in [0.05, 0.1) is 6.10 Å². The van der Waals surface area contributed by atoms with E-state index >= 15 is 0 Å². The van der Waals surface area contributed by atoms with Crippen LogP contribution in [-0.4, -0.2) is 11.2 Å². The fourth-order valence-corrected chi connectivity index (χ4v) is 1.71. The summed E-state index contributed by atoms with van der Waals surface area (Å²) in [6.45, 7) is 8.35. The molecule has 1 aromatic carbocycles. The van der Waals surface area contributed by atoms with Crippen LogP contribution in [0, 0.1) is 5.92 Å². The van der Waals surface area contributed by atoms with E-state index in [4.69, 9.17) is 0 Å². The largest absolute Gasteiger partial charge is 0.393 e. The standard InChI is InChI=1S/C14H22O/c1-10(2)9-13-5-7-14(8-6-13)11(3)12(4)15/h5-8,10-12,15H,9H2,1-4H3. The zero-order valence-corrected chi connectivity index (χ0v) is 10.2. The molecule has 0 heterocycles. The summed E-state index contributed by atoms with van der Waals surface area (Å²) < 4.78 is 0. The fraction of sp³-hybridized carbons (Fsp3) is 0.571. The van der Waals surface area contributed by atoms with Crippen LogP contribution in [0.5, 0.6) is 0 Å². The maximum absolute atomic E-state index is 9.49. The molecule has 0 fully saturated rings. The Hall–Kier alpha value is -0.820. The van der Waals surface area contributed by atoms with Crippen LogP contribution in [-0.2, 0) is 6.42 Å². The van der Waals surface area contributed by atoms with Gasteiger partial charge in [0.25, 0.3) is 0 Å². The second-order valence-corrected chi connectivity index (χ2v) is 4.87. The van der Waals surface area contributed by atoms with Crippen molar-refractivity contribution in [2.45, 2.75) is 46.1 Å². The van der Waals surface area contributed by atoms with Gasteiger partial charge in [-0.3, -0.25) is 0 Å². The molecule has 2 unspecified atom stereocenters. The molecule has 0 saturated heterocycles. The molecule has 0 saturated carbocycles. The maximum Gasteiger partial charge on any atom is 0.0577 e. The predicted octanol–water partition coefficient (Wildman–Crippen LogP) is 3.37. The van der Waals surface area contributed by atoms with Gasteiger partial charge in [0.1, 0.15) is 0 Å². The summed E-state index contributed by atoms with van der Waals surface area (Å²) in [6.07, 6.45) is 0.851. The second kappa shape index (κ2) is 5.32. The van der Waals surface area contributed by atoms with Crippen LogP contribution in [0.2, 0.25) is 0 Å². The number of rotatable bonds is 4. The molecule has 1 N–H and O–H groups in total. The zero-order valence-electron chi connectivity index (χ0n) is 10.2. The van der Waals surface area contributed by atoms with Gasteiger partial charge < -0.3 is 5.11 Å². The average molecular weight is 206 g/mol. The number of benzene rings is 1. The van der Waals surface area contributed by atoms with Crippen molar-refractivity contribution in [1.29, 1.82) is 0 Å². The van der Waals surface area contributed by atoms with Gasteiger partial charge in [0.15, 0.2) is 0 Å². The topological polar surface area (TPSA) is 20.2 Å². The molecule has 0 radical (unpaired) electrons. The Kier molecular flexibility index (Phi) is 4.34. The van der Waals surface area contributed by atoms with Crippen LogP contribution in [0.3, 0.4) is 0 Å². The van der Waals surface area contributed by atoms with E-state index in [-0.39, 0.29) is 12.0 Å². The third kappa shape index (κ3) is 3.67. The van der Waals surface area contributed by atoms with Crippen molar-refractivity contribution < 1.29 is 5.11 Å². The predicted molar refractivity (Wildman–Crippen MR) is 65.1 cm³/mol. The normalized spacial score (nSPS) is 15.3. The van der Waals surface area contributed by atoms with Crippen molar-refractivity contribution in [2.75, 3.05) is 0 Å². The van der Waals surface area contributed by atoms with E-state index in [1.54, 1.807) is 0 Å². The van der Waals surface area contributed by atoms with Crippen molar-refractivity contribution >= 4 is 0 Å². The smallest absolute Gasteiger partial charge is 0.0577 e. The van der Waals surface area contributed by atoms with Gasteiger partial charge in [-0.05, 0) is 30.4 Å². The molecule has 1 heteroatoms. The third-order valence-corrected chi connectivity index (χ3v) is 2.87. The third-order valence-electron chi connectivity index (χ3n) is 2.87. The number of aliphatic hydroxyl groups is 1. The van der Waals surface area contributed by atoms with Crippen molar-refractivity contribution in [3.8, 4) is 0 Å². The lowest BCUT2D eigenvalue weighted by Gasteiger charge is -2.15. The lowest BCUT2D eigenvalue weighted by Crippen LogP contribution is -2.10. The van der Waals surface area contributed by atoms with Crippen LogP contribution in [0.1, 0.15) is 44.7 Å². The molecule has 0 aliphatic carbocycles. The van der Waals surface area contributed by atoms with Crippen molar-refractivity contribution in [3.63, 3.8) is 0 Å².